The second-order valence-corrected chi connectivity index (χ2v) is 11.0. The minimum atomic E-state index is -0.610. The molecule has 4 amide bonds. The van der Waals surface area contributed by atoms with Crippen LogP contribution in [-0.4, -0.2) is 78.2 Å². The Labute approximate surface area is 223 Å². The number of thioether (sulfide) groups is 1. The molecule has 2 fully saturated rings. The van der Waals surface area contributed by atoms with E-state index in [2.05, 4.69) is 21.3 Å². The van der Waals surface area contributed by atoms with Gasteiger partial charge in [0.15, 0.2) is 0 Å². The van der Waals surface area contributed by atoms with Gasteiger partial charge in [0.2, 0.25) is 11.8 Å². The summed E-state index contributed by atoms with van der Waals surface area (Å²) >= 11 is 1.89. The molecule has 210 valence electrons. The molecule has 4 N–H and O–H groups in total. The summed E-state index contributed by atoms with van der Waals surface area (Å²) in [4.78, 5) is 57.9. The van der Waals surface area contributed by atoms with E-state index in [1.807, 2.05) is 18.7 Å². The lowest BCUT2D eigenvalue weighted by Crippen LogP contribution is -2.37. The lowest BCUT2D eigenvalue weighted by atomic mass is 10.0. The van der Waals surface area contributed by atoms with Gasteiger partial charge in [-0.05, 0) is 32.6 Å². The lowest BCUT2D eigenvalue weighted by Gasteiger charge is -2.21. The van der Waals surface area contributed by atoms with Crippen LogP contribution in [0.2, 0.25) is 0 Å². The van der Waals surface area contributed by atoms with E-state index in [0.29, 0.717) is 37.5 Å². The highest BCUT2D eigenvalue weighted by Crippen LogP contribution is 2.33. The van der Waals surface area contributed by atoms with Gasteiger partial charge < -0.3 is 30.7 Å². The molecule has 37 heavy (non-hydrogen) atoms. The summed E-state index contributed by atoms with van der Waals surface area (Å²) < 4.78 is 10.1. The number of hydrogen-bond acceptors (Lipinski definition) is 8. The number of ether oxygens (including phenoxy) is 2. The topological polar surface area (TPSA) is 152 Å². The minimum absolute atomic E-state index is 0.0430. The molecule has 2 aliphatic heterocycles. The normalized spacial score (nSPS) is 21.7. The van der Waals surface area contributed by atoms with E-state index in [1.54, 1.807) is 0 Å². The zero-order chi connectivity index (χ0) is 27.2. The van der Waals surface area contributed by atoms with Gasteiger partial charge in [-0.3, -0.25) is 19.2 Å². The van der Waals surface area contributed by atoms with Crippen molar-refractivity contribution in [2.24, 2.45) is 0 Å². The maximum atomic E-state index is 12.2. The number of carbonyl (C=O) groups is 5. The average molecular weight is 543 g/mol. The first-order valence-electron chi connectivity index (χ1n) is 13.2. The van der Waals surface area contributed by atoms with Crippen molar-refractivity contribution in [2.45, 2.75) is 108 Å². The van der Waals surface area contributed by atoms with Gasteiger partial charge in [0.05, 0.1) is 12.1 Å². The number of nitrogens with one attached hydrogen (secondary N) is 4. The van der Waals surface area contributed by atoms with Gasteiger partial charge in [0.25, 0.3) is 0 Å². The van der Waals surface area contributed by atoms with Gasteiger partial charge in [-0.15, -0.1) is 0 Å². The van der Waals surface area contributed by atoms with Gasteiger partial charge in [0, 0.05) is 56.7 Å². The molecule has 0 aromatic carbocycles. The van der Waals surface area contributed by atoms with Crippen LogP contribution in [0.25, 0.3) is 0 Å². The van der Waals surface area contributed by atoms with Gasteiger partial charge in [-0.2, -0.15) is 11.8 Å². The summed E-state index contributed by atoms with van der Waals surface area (Å²) in [5.74, 6) is -0.0211. The average Bonchev–Trinajstić information content (AvgIpc) is 3.36. The zero-order valence-corrected chi connectivity index (χ0v) is 23.0. The zero-order valence-electron chi connectivity index (χ0n) is 22.1. The van der Waals surface area contributed by atoms with Crippen molar-refractivity contribution in [3.05, 3.63) is 0 Å². The maximum Gasteiger partial charge on any atom is 0.315 e. The molecule has 5 atom stereocenters. The third-order valence-corrected chi connectivity index (χ3v) is 7.82. The van der Waals surface area contributed by atoms with E-state index in [0.717, 1.165) is 37.9 Å². The lowest BCUT2D eigenvalue weighted by molar-refractivity contribution is -0.157. The Hall–Kier alpha value is -2.50. The van der Waals surface area contributed by atoms with E-state index >= 15 is 0 Å². The second-order valence-electron chi connectivity index (χ2n) is 9.77. The Morgan fingerprint density at radius 1 is 1.00 bits per heavy atom. The molecule has 12 heteroatoms. The Bertz CT molecular complexity index is 797. The fourth-order valence-electron chi connectivity index (χ4n) is 4.57. The quantitative estimate of drug-likeness (QED) is 0.123. The van der Waals surface area contributed by atoms with Crippen LogP contribution in [0, 0.1) is 0 Å². The number of amides is 4. The Balaban J connectivity index is 1.46. The number of rotatable bonds is 17. The molecule has 0 bridgehead atoms. The van der Waals surface area contributed by atoms with Crippen molar-refractivity contribution in [3.8, 4) is 0 Å². The standard InChI is InChI=1S/C25H42N4O7S/c1-16(13-19(36-18(3)31)14-35-17(2)30)27-23(33)11-5-4-8-12-26-22(32)10-7-6-9-21-24-20(15-37-21)28-25(34)29-24/h16,19-21,24H,4-15H2,1-3H3,(H,26,32)(H,27,33)(H2,28,29,34)/t16?,19?,20-,21?,24-/m0/s1. The number of urea groups is 1. The van der Waals surface area contributed by atoms with Crippen LogP contribution in [0.1, 0.15) is 78.6 Å². The van der Waals surface area contributed by atoms with E-state index in [4.69, 9.17) is 9.47 Å². The molecule has 2 rings (SSSR count). The smallest absolute Gasteiger partial charge is 0.315 e. The molecule has 0 radical (unpaired) electrons. The molecule has 11 nitrogen and oxygen atoms in total. The third-order valence-electron chi connectivity index (χ3n) is 6.31. The number of unbranched alkanes of at least 4 members (excludes halogenated alkanes) is 3. The number of carbonyl (C=O) groups excluding carboxylic acids is 5. The van der Waals surface area contributed by atoms with E-state index in [9.17, 15) is 24.0 Å². The molecule has 0 aromatic heterocycles. The van der Waals surface area contributed by atoms with Crippen LogP contribution in [0.15, 0.2) is 0 Å². The van der Waals surface area contributed by atoms with Gasteiger partial charge in [-0.1, -0.05) is 12.8 Å². The molecule has 2 saturated heterocycles. The molecule has 2 aliphatic rings. The van der Waals surface area contributed by atoms with Gasteiger partial charge >= 0.3 is 18.0 Å². The first-order chi connectivity index (χ1) is 17.6. The van der Waals surface area contributed by atoms with Crippen LogP contribution in [-0.2, 0) is 28.7 Å². The van der Waals surface area contributed by atoms with Crippen molar-refractivity contribution in [2.75, 3.05) is 18.9 Å². The summed E-state index contributed by atoms with van der Waals surface area (Å²) in [5.41, 5.74) is 0. The molecule has 0 aliphatic carbocycles. The van der Waals surface area contributed by atoms with E-state index in [1.165, 1.54) is 13.8 Å². The Morgan fingerprint density at radius 2 is 1.73 bits per heavy atom. The monoisotopic (exact) mass is 542 g/mol. The molecule has 0 spiro atoms. The molecular weight excluding hydrogens is 500 g/mol. The minimum Gasteiger partial charge on any atom is -0.462 e. The largest absolute Gasteiger partial charge is 0.462 e. The Morgan fingerprint density at radius 3 is 2.46 bits per heavy atom. The first kappa shape index (κ1) is 30.7. The van der Waals surface area contributed by atoms with Crippen molar-refractivity contribution >= 4 is 41.5 Å². The molecule has 0 saturated carbocycles. The SMILES string of the molecule is CC(=O)OCC(CC(C)NC(=O)CCCCCNC(=O)CCCCC1SC[C@@H]2NC(=O)N[C@H]12)OC(C)=O. The first-order valence-corrected chi connectivity index (χ1v) is 14.2. The summed E-state index contributed by atoms with van der Waals surface area (Å²) in [7, 11) is 0. The number of esters is 2. The predicted octanol–water partition coefficient (Wildman–Crippen LogP) is 1.78. The summed E-state index contributed by atoms with van der Waals surface area (Å²) in [6.07, 6.45) is 5.74. The van der Waals surface area contributed by atoms with Gasteiger partial charge in [-0.25, -0.2) is 4.79 Å². The van der Waals surface area contributed by atoms with E-state index < -0.39 is 18.0 Å². The number of fused-ring (bicyclic) bond motifs is 1. The summed E-state index contributed by atoms with van der Waals surface area (Å²) in [5, 5.41) is 12.2. The van der Waals surface area contributed by atoms with Crippen LogP contribution in [0.5, 0.6) is 0 Å². The fourth-order valence-corrected chi connectivity index (χ4v) is 6.12. The highest BCUT2D eigenvalue weighted by atomic mass is 32.2. The second kappa shape index (κ2) is 16.4. The van der Waals surface area contributed by atoms with Crippen LogP contribution >= 0.6 is 11.8 Å². The fraction of sp³-hybridized carbons (Fsp3) is 0.800. The number of hydrogen-bond donors (Lipinski definition) is 4. The highest BCUT2D eigenvalue weighted by Gasteiger charge is 2.42. The van der Waals surface area contributed by atoms with Crippen molar-refractivity contribution in [1.29, 1.82) is 0 Å². The summed E-state index contributed by atoms with van der Waals surface area (Å²) in [6.45, 7) is 4.93. The highest BCUT2D eigenvalue weighted by molar-refractivity contribution is 8.00. The molecular formula is C25H42N4O7S. The van der Waals surface area contributed by atoms with Crippen molar-refractivity contribution < 1.29 is 33.4 Å². The van der Waals surface area contributed by atoms with Crippen LogP contribution < -0.4 is 21.3 Å². The van der Waals surface area contributed by atoms with E-state index in [-0.39, 0.29) is 42.6 Å². The van der Waals surface area contributed by atoms with Crippen molar-refractivity contribution in [3.63, 3.8) is 0 Å². The predicted molar refractivity (Wildman–Crippen MR) is 140 cm³/mol. The van der Waals surface area contributed by atoms with Gasteiger partial charge in [0.1, 0.15) is 12.7 Å². The van der Waals surface area contributed by atoms with Crippen molar-refractivity contribution in [1.82, 2.24) is 21.3 Å². The van der Waals surface area contributed by atoms with Crippen LogP contribution in [0.4, 0.5) is 4.79 Å². The summed E-state index contributed by atoms with van der Waals surface area (Å²) in [6, 6.07) is 0.131. The Kier molecular flexibility index (Phi) is 13.6. The third kappa shape index (κ3) is 12.5. The van der Waals surface area contributed by atoms with Crippen LogP contribution in [0.3, 0.4) is 0 Å². The maximum absolute atomic E-state index is 12.2. The molecule has 2 heterocycles. The molecule has 0 aromatic rings. The molecule has 3 unspecified atom stereocenters.